The zero-order valence-electron chi connectivity index (χ0n) is 14.8. The third kappa shape index (κ3) is 4.92. The number of para-hydroxylation sites is 1. The van der Waals surface area contributed by atoms with E-state index in [1.165, 1.54) is 0 Å². The van der Waals surface area contributed by atoms with Gasteiger partial charge in [0.15, 0.2) is 0 Å². The summed E-state index contributed by atoms with van der Waals surface area (Å²) in [5.41, 5.74) is 1.49. The molecule has 6 nitrogen and oxygen atoms in total. The summed E-state index contributed by atoms with van der Waals surface area (Å²) in [5.74, 6) is 0.364. The highest BCUT2D eigenvalue weighted by atomic mass is 16.5. The van der Waals surface area contributed by atoms with E-state index in [2.05, 4.69) is 15.6 Å². The lowest BCUT2D eigenvalue weighted by atomic mass is 10.2. The van der Waals surface area contributed by atoms with Crippen molar-refractivity contribution in [2.75, 3.05) is 10.6 Å². The van der Waals surface area contributed by atoms with E-state index in [1.807, 2.05) is 18.2 Å². The van der Waals surface area contributed by atoms with Crippen molar-refractivity contribution in [1.29, 1.82) is 0 Å². The number of rotatable bonds is 6. The molecule has 0 saturated carbocycles. The molecule has 0 radical (unpaired) electrons. The second-order valence-electron chi connectivity index (χ2n) is 5.71. The molecule has 2 aromatic carbocycles. The van der Waals surface area contributed by atoms with E-state index in [0.29, 0.717) is 29.1 Å². The van der Waals surface area contributed by atoms with E-state index >= 15 is 0 Å². The first-order valence-electron chi connectivity index (χ1n) is 8.55. The summed E-state index contributed by atoms with van der Waals surface area (Å²) < 4.78 is 5.73. The van der Waals surface area contributed by atoms with E-state index in [0.717, 1.165) is 0 Å². The monoisotopic (exact) mass is 361 g/mol. The molecule has 3 rings (SSSR count). The summed E-state index contributed by atoms with van der Waals surface area (Å²) >= 11 is 0. The molecule has 1 heterocycles. The largest absolute Gasteiger partial charge is 0.438 e. The van der Waals surface area contributed by atoms with E-state index in [4.69, 9.17) is 4.74 Å². The first kappa shape index (κ1) is 18.1. The van der Waals surface area contributed by atoms with Crippen molar-refractivity contribution in [1.82, 2.24) is 4.98 Å². The number of anilines is 2. The minimum atomic E-state index is -0.354. The number of hydrogen-bond acceptors (Lipinski definition) is 4. The lowest BCUT2D eigenvalue weighted by Crippen LogP contribution is -2.14. The van der Waals surface area contributed by atoms with Gasteiger partial charge in [-0.15, -0.1) is 0 Å². The van der Waals surface area contributed by atoms with Crippen molar-refractivity contribution in [2.45, 2.75) is 13.3 Å². The summed E-state index contributed by atoms with van der Waals surface area (Å²) in [5, 5.41) is 5.57. The van der Waals surface area contributed by atoms with Crippen LogP contribution in [0.3, 0.4) is 0 Å². The van der Waals surface area contributed by atoms with Crippen LogP contribution in [0.1, 0.15) is 23.7 Å². The predicted octanol–water partition coefficient (Wildman–Crippen LogP) is 4.47. The van der Waals surface area contributed by atoms with Crippen molar-refractivity contribution in [2.24, 2.45) is 0 Å². The molecule has 0 saturated heterocycles. The van der Waals surface area contributed by atoms with Crippen molar-refractivity contribution < 1.29 is 14.3 Å². The molecule has 0 aliphatic rings. The minimum absolute atomic E-state index is 0.0933. The maximum absolute atomic E-state index is 12.7. The van der Waals surface area contributed by atoms with E-state index < -0.39 is 0 Å². The highest BCUT2D eigenvalue weighted by molar-refractivity contribution is 6.06. The fraction of sp³-hybridized carbons (Fsp3) is 0.0952. The number of pyridine rings is 1. The molecule has 0 atom stereocenters. The summed E-state index contributed by atoms with van der Waals surface area (Å²) in [7, 11) is 0. The number of aromatic nitrogens is 1. The van der Waals surface area contributed by atoms with Crippen LogP contribution in [-0.2, 0) is 4.79 Å². The van der Waals surface area contributed by atoms with Gasteiger partial charge in [-0.1, -0.05) is 31.2 Å². The summed E-state index contributed by atoms with van der Waals surface area (Å²) in [6.07, 6.45) is 1.95. The molecule has 0 fully saturated rings. The number of amides is 2. The number of hydrogen-bond donors (Lipinski definition) is 2. The second-order valence-corrected chi connectivity index (χ2v) is 5.71. The lowest BCUT2D eigenvalue weighted by Gasteiger charge is -2.11. The van der Waals surface area contributed by atoms with Crippen molar-refractivity contribution >= 4 is 23.2 Å². The van der Waals surface area contributed by atoms with Gasteiger partial charge in [0.25, 0.3) is 5.91 Å². The van der Waals surface area contributed by atoms with Crippen LogP contribution in [0.15, 0.2) is 72.9 Å². The first-order valence-corrected chi connectivity index (χ1v) is 8.55. The normalized spacial score (nSPS) is 10.1. The van der Waals surface area contributed by atoms with Gasteiger partial charge in [0, 0.05) is 24.0 Å². The Labute approximate surface area is 157 Å². The maximum Gasteiger partial charge on any atom is 0.261 e. The molecule has 0 aliphatic carbocycles. The van der Waals surface area contributed by atoms with Gasteiger partial charge in [-0.05, 0) is 42.5 Å². The van der Waals surface area contributed by atoms with Crippen LogP contribution >= 0.6 is 0 Å². The van der Waals surface area contributed by atoms with E-state index in [-0.39, 0.29) is 17.7 Å². The average molecular weight is 361 g/mol. The van der Waals surface area contributed by atoms with Gasteiger partial charge in [0.05, 0.1) is 0 Å². The van der Waals surface area contributed by atoms with Gasteiger partial charge in [-0.3, -0.25) is 9.59 Å². The second kappa shape index (κ2) is 8.62. The molecule has 136 valence electrons. The van der Waals surface area contributed by atoms with Crippen LogP contribution < -0.4 is 15.4 Å². The fourth-order valence-electron chi connectivity index (χ4n) is 2.37. The molecule has 1 aromatic heterocycles. The van der Waals surface area contributed by atoms with Gasteiger partial charge in [0.1, 0.15) is 11.3 Å². The number of nitrogens with zero attached hydrogens (tertiary/aromatic N) is 1. The van der Waals surface area contributed by atoms with Gasteiger partial charge in [0.2, 0.25) is 11.8 Å². The molecular formula is C21H19N3O3. The lowest BCUT2D eigenvalue weighted by molar-refractivity contribution is -0.115. The zero-order chi connectivity index (χ0) is 19.1. The summed E-state index contributed by atoms with van der Waals surface area (Å²) in [6, 6.07) is 19.4. The Morgan fingerprint density at radius 1 is 0.926 bits per heavy atom. The minimum Gasteiger partial charge on any atom is -0.438 e. The van der Waals surface area contributed by atoms with Crippen LogP contribution in [0.25, 0.3) is 0 Å². The van der Waals surface area contributed by atoms with Gasteiger partial charge < -0.3 is 15.4 Å². The van der Waals surface area contributed by atoms with Crippen LogP contribution in [0.4, 0.5) is 11.4 Å². The average Bonchev–Trinajstić information content (AvgIpc) is 2.69. The first-order chi connectivity index (χ1) is 13.2. The Morgan fingerprint density at radius 2 is 1.67 bits per heavy atom. The highest BCUT2D eigenvalue weighted by Crippen LogP contribution is 2.24. The van der Waals surface area contributed by atoms with Gasteiger partial charge >= 0.3 is 0 Å². The number of carbonyl (C=O) groups is 2. The summed E-state index contributed by atoms with van der Waals surface area (Å²) in [6.45, 7) is 1.78. The Balaban J connectivity index is 1.77. The molecule has 0 aliphatic heterocycles. The third-order valence-corrected chi connectivity index (χ3v) is 3.70. The predicted molar refractivity (Wildman–Crippen MR) is 104 cm³/mol. The molecule has 2 N–H and O–H groups in total. The molecule has 6 heteroatoms. The Kier molecular flexibility index (Phi) is 5.79. The maximum atomic E-state index is 12.7. The zero-order valence-corrected chi connectivity index (χ0v) is 14.8. The number of ether oxygens (including phenoxy) is 1. The number of benzene rings is 2. The Hall–Kier alpha value is -3.67. The van der Waals surface area contributed by atoms with Crippen LogP contribution in [0, 0.1) is 0 Å². The van der Waals surface area contributed by atoms with E-state index in [1.54, 1.807) is 61.7 Å². The number of nitrogens with one attached hydrogen (secondary N) is 2. The van der Waals surface area contributed by atoms with Crippen LogP contribution in [0.2, 0.25) is 0 Å². The SMILES string of the molecule is CCC(=O)Nc1cccc(NC(=O)c2cccnc2Oc2ccccc2)c1. The topological polar surface area (TPSA) is 80.3 Å². The molecule has 3 aromatic rings. The molecule has 27 heavy (non-hydrogen) atoms. The Morgan fingerprint density at radius 3 is 2.41 bits per heavy atom. The molecular weight excluding hydrogens is 342 g/mol. The molecule has 0 bridgehead atoms. The molecule has 0 unspecified atom stereocenters. The van der Waals surface area contributed by atoms with Gasteiger partial charge in [-0.2, -0.15) is 0 Å². The smallest absolute Gasteiger partial charge is 0.261 e. The Bertz CT molecular complexity index is 942. The van der Waals surface area contributed by atoms with Crippen molar-refractivity contribution in [3.05, 3.63) is 78.5 Å². The number of carbonyl (C=O) groups excluding carboxylic acids is 2. The van der Waals surface area contributed by atoms with Crippen LogP contribution in [0.5, 0.6) is 11.6 Å². The summed E-state index contributed by atoms with van der Waals surface area (Å²) in [4.78, 5) is 28.4. The van der Waals surface area contributed by atoms with Crippen molar-refractivity contribution in [3.63, 3.8) is 0 Å². The molecule has 0 spiro atoms. The van der Waals surface area contributed by atoms with E-state index in [9.17, 15) is 9.59 Å². The van der Waals surface area contributed by atoms with Crippen molar-refractivity contribution in [3.8, 4) is 11.6 Å². The van der Waals surface area contributed by atoms with Gasteiger partial charge in [-0.25, -0.2) is 4.98 Å². The standard InChI is InChI=1S/C21H19N3O3/c1-2-19(25)23-15-8-6-9-16(14-15)24-20(26)18-12-7-13-22-21(18)27-17-10-4-3-5-11-17/h3-14H,2H2,1H3,(H,23,25)(H,24,26). The molecule has 2 amide bonds. The van der Waals surface area contributed by atoms with Crippen LogP contribution in [-0.4, -0.2) is 16.8 Å². The highest BCUT2D eigenvalue weighted by Gasteiger charge is 2.15. The fourth-order valence-corrected chi connectivity index (χ4v) is 2.37. The quantitative estimate of drug-likeness (QED) is 0.678. The third-order valence-electron chi connectivity index (χ3n) is 3.70.